The monoisotopic (exact) mass is 234 g/mol. The minimum absolute atomic E-state index is 0.258. The van der Waals surface area contributed by atoms with E-state index in [0.29, 0.717) is 11.8 Å². The first kappa shape index (κ1) is 11.9. The first-order chi connectivity index (χ1) is 8.06. The predicted molar refractivity (Wildman–Crippen MR) is 66.4 cm³/mol. The predicted octanol–water partition coefficient (Wildman–Crippen LogP) is 2.26. The Hall–Kier alpha value is -1.58. The third-order valence-electron chi connectivity index (χ3n) is 3.20. The van der Waals surface area contributed by atoms with Gasteiger partial charge in [-0.1, -0.05) is 13.8 Å². The average Bonchev–Trinajstić information content (AvgIpc) is 2.28. The van der Waals surface area contributed by atoms with Crippen LogP contribution < -0.4 is 4.90 Å². The molecule has 2 heterocycles. The van der Waals surface area contributed by atoms with Crippen LogP contribution in [-0.4, -0.2) is 29.1 Å². The number of nitrogens with zero attached hydrogens (tertiary/aromatic N) is 2. The molecular formula is C13H18N2O2. The highest BCUT2D eigenvalue weighted by Crippen LogP contribution is 2.26. The molecular weight excluding hydrogens is 216 g/mol. The van der Waals surface area contributed by atoms with Crippen LogP contribution >= 0.6 is 0 Å². The minimum Gasteiger partial charge on any atom is -0.478 e. The van der Waals surface area contributed by atoms with Crippen LogP contribution in [0.3, 0.4) is 0 Å². The van der Waals surface area contributed by atoms with Crippen LogP contribution in [0.4, 0.5) is 5.69 Å². The second kappa shape index (κ2) is 4.73. The van der Waals surface area contributed by atoms with Gasteiger partial charge in [0.2, 0.25) is 0 Å². The highest BCUT2D eigenvalue weighted by molar-refractivity contribution is 5.88. The van der Waals surface area contributed by atoms with E-state index in [-0.39, 0.29) is 5.56 Å². The average molecular weight is 234 g/mol. The number of rotatable bonds is 2. The SMILES string of the molecule is C[C@@H]1C[C@@H](C)CN(c2cncc(C(=O)O)c2)C1. The van der Waals surface area contributed by atoms with E-state index in [0.717, 1.165) is 18.8 Å². The normalized spacial score (nSPS) is 24.7. The molecule has 1 aliphatic heterocycles. The molecule has 1 aliphatic rings. The molecule has 1 aromatic rings. The van der Waals surface area contributed by atoms with Crippen LogP contribution in [-0.2, 0) is 0 Å². The molecule has 1 fully saturated rings. The molecule has 4 heteroatoms. The van der Waals surface area contributed by atoms with Crippen LogP contribution in [0.1, 0.15) is 30.6 Å². The summed E-state index contributed by atoms with van der Waals surface area (Å²) in [6, 6.07) is 1.71. The fourth-order valence-electron chi connectivity index (χ4n) is 2.59. The van der Waals surface area contributed by atoms with Gasteiger partial charge < -0.3 is 10.0 Å². The Morgan fingerprint density at radius 3 is 2.59 bits per heavy atom. The molecule has 17 heavy (non-hydrogen) atoms. The first-order valence-corrected chi connectivity index (χ1v) is 5.99. The molecule has 1 N–H and O–H groups in total. The Labute approximate surface area is 101 Å². The van der Waals surface area contributed by atoms with Crippen molar-refractivity contribution < 1.29 is 9.90 Å². The third-order valence-corrected chi connectivity index (χ3v) is 3.20. The number of hydrogen-bond donors (Lipinski definition) is 1. The molecule has 1 saturated heterocycles. The second-order valence-electron chi connectivity index (χ2n) is 5.09. The summed E-state index contributed by atoms with van der Waals surface area (Å²) in [5, 5.41) is 8.95. The van der Waals surface area contributed by atoms with Crippen molar-refractivity contribution in [1.29, 1.82) is 0 Å². The molecule has 0 unspecified atom stereocenters. The maximum Gasteiger partial charge on any atom is 0.337 e. The fraction of sp³-hybridized carbons (Fsp3) is 0.538. The molecule has 0 bridgehead atoms. The third kappa shape index (κ3) is 2.75. The van der Waals surface area contributed by atoms with E-state index in [1.807, 2.05) is 0 Å². The molecule has 0 aliphatic carbocycles. The van der Waals surface area contributed by atoms with Crippen molar-refractivity contribution in [2.45, 2.75) is 20.3 Å². The van der Waals surface area contributed by atoms with Gasteiger partial charge in [-0.3, -0.25) is 4.98 Å². The zero-order chi connectivity index (χ0) is 12.4. The summed E-state index contributed by atoms with van der Waals surface area (Å²) in [7, 11) is 0. The second-order valence-corrected chi connectivity index (χ2v) is 5.09. The smallest absolute Gasteiger partial charge is 0.337 e. The number of aromatic nitrogens is 1. The van der Waals surface area contributed by atoms with Crippen molar-refractivity contribution in [1.82, 2.24) is 4.98 Å². The topological polar surface area (TPSA) is 53.4 Å². The van der Waals surface area contributed by atoms with Gasteiger partial charge in [0.1, 0.15) is 0 Å². The van der Waals surface area contributed by atoms with E-state index in [1.54, 1.807) is 12.3 Å². The van der Waals surface area contributed by atoms with Crippen LogP contribution in [0.15, 0.2) is 18.5 Å². The van der Waals surface area contributed by atoms with Gasteiger partial charge in [-0.25, -0.2) is 4.79 Å². The van der Waals surface area contributed by atoms with Crippen molar-refractivity contribution in [3.8, 4) is 0 Å². The largest absolute Gasteiger partial charge is 0.478 e. The van der Waals surface area contributed by atoms with Gasteiger partial charge in [0, 0.05) is 19.3 Å². The van der Waals surface area contributed by atoms with E-state index in [1.165, 1.54) is 12.6 Å². The van der Waals surface area contributed by atoms with Gasteiger partial charge in [0.05, 0.1) is 17.4 Å². The molecule has 0 saturated carbocycles. The lowest BCUT2D eigenvalue weighted by atomic mass is 9.91. The molecule has 0 aromatic carbocycles. The summed E-state index contributed by atoms with van der Waals surface area (Å²) in [5.41, 5.74) is 1.18. The number of aromatic carboxylic acids is 1. The van der Waals surface area contributed by atoms with Gasteiger partial charge in [-0.2, -0.15) is 0 Å². The van der Waals surface area contributed by atoms with Gasteiger partial charge >= 0.3 is 5.97 Å². The van der Waals surface area contributed by atoms with E-state index in [2.05, 4.69) is 23.7 Å². The number of carboxylic acids is 1. The number of pyridine rings is 1. The lowest BCUT2D eigenvalue weighted by Crippen LogP contribution is -2.38. The lowest BCUT2D eigenvalue weighted by Gasteiger charge is -2.36. The fourth-order valence-corrected chi connectivity index (χ4v) is 2.59. The van der Waals surface area contributed by atoms with Gasteiger partial charge in [-0.15, -0.1) is 0 Å². The quantitative estimate of drug-likeness (QED) is 0.852. The number of carboxylic acid groups (broad SMARTS) is 1. The Balaban J connectivity index is 2.21. The molecule has 1 aromatic heterocycles. The van der Waals surface area contributed by atoms with E-state index in [9.17, 15) is 4.79 Å². The van der Waals surface area contributed by atoms with Crippen molar-refractivity contribution in [3.63, 3.8) is 0 Å². The van der Waals surface area contributed by atoms with E-state index < -0.39 is 5.97 Å². The maximum atomic E-state index is 10.9. The Kier molecular flexibility index (Phi) is 3.31. The highest BCUT2D eigenvalue weighted by atomic mass is 16.4. The zero-order valence-electron chi connectivity index (χ0n) is 10.3. The summed E-state index contributed by atoms with van der Waals surface area (Å²) < 4.78 is 0. The Morgan fingerprint density at radius 2 is 2.00 bits per heavy atom. The molecule has 0 amide bonds. The van der Waals surface area contributed by atoms with Gasteiger partial charge in [0.25, 0.3) is 0 Å². The van der Waals surface area contributed by atoms with Gasteiger partial charge in [-0.05, 0) is 24.3 Å². The van der Waals surface area contributed by atoms with Crippen molar-refractivity contribution in [3.05, 3.63) is 24.0 Å². The van der Waals surface area contributed by atoms with Gasteiger partial charge in [0.15, 0.2) is 0 Å². The minimum atomic E-state index is -0.919. The number of hydrogen-bond acceptors (Lipinski definition) is 3. The van der Waals surface area contributed by atoms with Crippen LogP contribution in [0.5, 0.6) is 0 Å². The van der Waals surface area contributed by atoms with Crippen molar-refractivity contribution >= 4 is 11.7 Å². The molecule has 4 nitrogen and oxygen atoms in total. The van der Waals surface area contributed by atoms with Crippen LogP contribution in [0.25, 0.3) is 0 Å². The van der Waals surface area contributed by atoms with Crippen LogP contribution in [0, 0.1) is 11.8 Å². The number of carbonyl (C=O) groups is 1. The lowest BCUT2D eigenvalue weighted by molar-refractivity contribution is 0.0696. The molecule has 2 rings (SSSR count). The summed E-state index contributed by atoms with van der Waals surface area (Å²) in [6.45, 7) is 6.43. The van der Waals surface area contributed by atoms with Crippen LogP contribution in [0.2, 0.25) is 0 Å². The first-order valence-electron chi connectivity index (χ1n) is 5.99. The summed E-state index contributed by atoms with van der Waals surface area (Å²) in [5.74, 6) is 0.372. The summed E-state index contributed by atoms with van der Waals surface area (Å²) >= 11 is 0. The Bertz CT molecular complexity index is 410. The van der Waals surface area contributed by atoms with Crippen molar-refractivity contribution in [2.75, 3.05) is 18.0 Å². The standard InChI is InChI=1S/C13H18N2O2/c1-9-3-10(2)8-15(7-9)12-4-11(13(16)17)5-14-6-12/h4-6,9-10H,3,7-8H2,1-2H3,(H,16,17)/t9-,10-/m1/s1. The highest BCUT2D eigenvalue weighted by Gasteiger charge is 2.22. The summed E-state index contributed by atoms with van der Waals surface area (Å²) in [4.78, 5) is 17.1. The number of anilines is 1. The zero-order valence-corrected chi connectivity index (χ0v) is 10.3. The van der Waals surface area contributed by atoms with E-state index >= 15 is 0 Å². The Morgan fingerprint density at radius 1 is 1.35 bits per heavy atom. The van der Waals surface area contributed by atoms with E-state index in [4.69, 9.17) is 5.11 Å². The van der Waals surface area contributed by atoms with Crippen molar-refractivity contribution in [2.24, 2.45) is 11.8 Å². The molecule has 0 radical (unpaired) electrons. The molecule has 2 atom stereocenters. The molecule has 0 spiro atoms. The number of piperidine rings is 1. The molecule has 92 valence electrons. The maximum absolute atomic E-state index is 10.9. The summed E-state index contributed by atoms with van der Waals surface area (Å²) in [6.07, 6.45) is 4.38.